The lowest BCUT2D eigenvalue weighted by Gasteiger charge is -2.10. The third-order valence-corrected chi connectivity index (χ3v) is 3.03. The van der Waals surface area contributed by atoms with Crippen molar-refractivity contribution in [1.82, 2.24) is 5.32 Å². The molecule has 20 heavy (non-hydrogen) atoms. The Kier molecular flexibility index (Phi) is 5.03. The van der Waals surface area contributed by atoms with Crippen LogP contribution >= 0.6 is 11.6 Å². The number of amides is 2. The predicted molar refractivity (Wildman–Crippen MR) is 76.8 cm³/mol. The summed E-state index contributed by atoms with van der Waals surface area (Å²) in [7, 11) is 0. The zero-order chi connectivity index (χ0) is 14.4. The quantitative estimate of drug-likeness (QED) is 0.793. The van der Waals surface area contributed by atoms with Crippen molar-refractivity contribution < 1.29 is 14.3 Å². The average Bonchev–Trinajstić information content (AvgIpc) is 2.95. The number of nitrogens with one attached hydrogen (secondary N) is 2. The van der Waals surface area contributed by atoms with Gasteiger partial charge in [0.25, 0.3) is 0 Å². The Morgan fingerprint density at radius 2 is 2.10 bits per heavy atom. The summed E-state index contributed by atoms with van der Waals surface area (Å²) >= 11 is 5.93. The maximum absolute atomic E-state index is 11.6. The number of hydrogen-bond donors (Lipinski definition) is 3. The number of aliphatic hydroxyl groups is 1. The summed E-state index contributed by atoms with van der Waals surface area (Å²) in [5.41, 5.74) is 0.540. The van der Waals surface area contributed by atoms with E-state index in [1.54, 1.807) is 36.4 Å². The molecule has 0 fully saturated rings. The first-order valence-electron chi connectivity index (χ1n) is 6.17. The van der Waals surface area contributed by atoms with Gasteiger partial charge in [-0.15, -0.1) is 0 Å². The zero-order valence-corrected chi connectivity index (χ0v) is 11.4. The standard InChI is InChI=1S/C14H15ClN2O3/c15-10-4-1-2-5-11(10)17-14(19)16-8-7-12(18)13-6-3-9-20-13/h1-6,9,12,18H,7-8H2,(H2,16,17,19)/t12-/m0/s1. The summed E-state index contributed by atoms with van der Waals surface area (Å²) in [4.78, 5) is 11.6. The molecule has 3 N–H and O–H groups in total. The van der Waals surface area contributed by atoms with Crippen molar-refractivity contribution in [2.45, 2.75) is 12.5 Å². The van der Waals surface area contributed by atoms with Crippen LogP contribution in [-0.2, 0) is 0 Å². The van der Waals surface area contributed by atoms with E-state index in [1.165, 1.54) is 6.26 Å². The van der Waals surface area contributed by atoms with Crippen molar-refractivity contribution in [3.05, 3.63) is 53.4 Å². The molecule has 106 valence electrons. The lowest BCUT2D eigenvalue weighted by Crippen LogP contribution is -2.30. The van der Waals surface area contributed by atoms with Crippen molar-refractivity contribution in [2.75, 3.05) is 11.9 Å². The van der Waals surface area contributed by atoms with E-state index in [0.29, 0.717) is 29.4 Å². The molecule has 1 aromatic carbocycles. The van der Waals surface area contributed by atoms with E-state index in [2.05, 4.69) is 10.6 Å². The van der Waals surface area contributed by atoms with Gasteiger partial charge in [-0.2, -0.15) is 0 Å². The highest BCUT2D eigenvalue weighted by Gasteiger charge is 2.11. The van der Waals surface area contributed by atoms with Gasteiger partial charge < -0.3 is 20.2 Å². The number of furan rings is 1. The molecule has 2 aromatic rings. The van der Waals surface area contributed by atoms with E-state index in [4.69, 9.17) is 16.0 Å². The number of para-hydroxylation sites is 1. The van der Waals surface area contributed by atoms with E-state index in [-0.39, 0.29) is 6.03 Å². The van der Waals surface area contributed by atoms with Crippen molar-refractivity contribution in [1.29, 1.82) is 0 Å². The summed E-state index contributed by atoms with van der Waals surface area (Å²) in [5, 5.41) is 15.5. The third kappa shape index (κ3) is 4.01. The summed E-state index contributed by atoms with van der Waals surface area (Å²) in [6.45, 7) is 0.318. The van der Waals surface area contributed by atoms with Crippen LogP contribution in [0.4, 0.5) is 10.5 Å². The fraction of sp³-hybridized carbons (Fsp3) is 0.214. The minimum atomic E-state index is -0.731. The lowest BCUT2D eigenvalue weighted by molar-refractivity contribution is 0.140. The van der Waals surface area contributed by atoms with Crippen molar-refractivity contribution in [2.24, 2.45) is 0 Å². The second-order valence-electron chi connectivity index (χ2n) is 4.18. The fourth-order valence-electron chi connectivity index (χ4n) is 1.67. The van der Waals surface area contributed by atoms with Crippen LogP contribution in [-0.4, -0.2) is 17.7 Å². The van der Waals surface area contributed by atoms with Gasteiger partial charge in [0.05, 0.1) is 17.0 Å². The lowest BCUT2D eigenvalue weighted by atomic mass is 10.2. The second kappa shape index (κ2) is 6.98. The van der Waals surface area contributed by atoms with Gasteiger partial charge in [0.2, 0.25) is 0 Å². The van der Waals surface area contributed by atoms with E-state index >= 15 is 0 Å². The number of rotatable bonds is 5. The Balaban J connectivity index is 1.74. The van der Waals surface area contributed by atoms with Crippen molar-refractivity contribution in [3.63, 3.8) is 0 Å². The number of benzene rings is 1. The molecule has 2 rings (SSSR count). The molecule has 1 atom stereocenters. The van der Waals surface area contributed by atoms with E-state index < -0.39 is 6.10 Å². The molecule has 0 bridgehead atoms. The minimum Gasteiger partial charge on any atom is -0.467 e. The van der Waals surface area contributed by atoms with Gasteiger partial charge in [0.1, 0.15) is 11.9 Å². The molecule has 6 heteroatoms. The SMILES string of the molecule is O=C(NCC[C@H](O)c1ccco1)Nc1ccccc1Cl. The topological polar surface area (TPSA) is 74.5 Å². The molecule has 0 radical (unpaired) electrons. The van der Waals surface area contributed by atoms with Crippen LogP contribution in [0.3, 0.4) is 0 Å². The highest BCUT2D eigenvalue weighted by atomic mass is 35.5. The fourth-order valence-corrected chi connectivity index (χ4v) is 1.86. The summed E-state index contributed by atoms with van der Waals surface area (Å²) < 4.78 is 5.07. The molecule has 1 aromatic heterocycles. The number of carbonyl (C=O) groups is 1. The summed E-state index contributed by atoms with van der Waals surface area (Å²) in [5.74, 6) is 0.485. The molecule has 1 heterocycles. The van der Waals surface area contributed by atoms with Crippen LogP contribution in [0.25, 0.3) is 0 Å². The van der Waals surface area contributed by atoms with Gasteiger partial charge in [-0.25, -0.2) is 4.79 Å². The van der Waals surface area contributed by atoms with Crippen LogP contribution in [0.5, 0.6) is 0 Å². The largest absolute Gasteiger partial charge is 0.467 e. The monoisotopic (exact) mass is 294 g/mol. The van der Waals surface area contributed by atoms with Gasteiger partial charge in [0, 0.05) is 6.54 Å². The Labute approximate surface area is 121 Å². The average molecular weight is 295 g/mol. The van der Waals surface area contributed by atoms with Crippen LogP contribution < -0.4 is 10.6 Å². The normalized spacial score (nSPS) is 11.9. The van der Waals surface area contributed by atoms with E-state index in [0.717, 1.165) is 0 Å². The van der Waals surface area contributed by atoms with Gasteiger partial charge in [-0.3, -0.25) is 0 Å². The maximum atomic E-state index is 11.6. The van der Waals surface area contributed by atoms with Gasteiger partial charge in [-0.05, 0) is 30.7 Å². The van der Waals surface area contributed by atoms with E-state index in [9.17, 15) is 9.90 Å². The van der Waals surface area contributed by atoms with Crippen LogP contribution in [0.2, 0.25) is 5.02 Å². The number of aliphatic hydroxyl groups excluding tert-OH is 1. The summed E-state index contributed by atoms with van der Waals surface area (Å²) in [6.07, 6.45) is 1.13. The van der Waals surface area contributed by atoms with Crippen molar-refractivity contribution >= 4 is 23.3 Å². The number of urea groups is 1. The molecule has 0 saturated carbocycles. The molecular weight excluding hydrogens is 280 g/mol. The molecule has 2 amide bonds. The second-order valence-corrected chi connectivity index (χ2v) is 4.59. The maximum Gasteiger partial charge on any atom is 0.319 e. The van der Waals surface area contributed by atoms with Gasteiger partial charge in [-0.1, -0.05) is 23.7 Å². The molecule has 5 nitrogen and oxygen atoms in total. The Bertz CT molecular complexity index is 557. The minimum absolute atomic E-state index is 0.318. The van der Waals surface area contributed by atoms with Crippen molar-refractivity contribution in [3.8, 4) is 0 Å². The van der Waals surface area contributed by atoms with E-state index in [1.807, 2.05) is 0 Å². The summed E-state index contributed by atoms with van der Waals surface area (Å²) in [6, 6.07) is 9.99. The smallest absolute Gasteiger partial charge is 0.319 e. The van der Waals surface area contributed by atoms with Gasteiger partial charge >= 0.3 is 6.03 Å². The molecule has 0 spiro atoms. The third-order valence-electron chi connectivity index (χ3n) is 2.70. The van der Waals surface area contributed by atoms with Crippen LogP contribution in [0.1, 0.15) is 18.3 Å². The van der Waals surface area contributed by atoms with Gasteiger partial charge in [0.15, 0.2) is 0 Å². The highest BCUT2D eigenvalue weighted by molar-refractivity contribution is 6.33. The molecule has 0 unspecified atom stereocenters. The number of carbonyl (C=O) groups excluding carboxylic acids is 1. The molecule has 0 aliphatic carbocycles. The number of hydrogen-bond acceptors (Lipinski definition) is 3. The zero-order valence-electron chi connectivity index (χ0n) is 10.7. The number of anilines is 1. The first-order chi connectivity index (χ1) is 9.66. The van der Waals surface area contributed by atoms with Crippen LogP contribution in [0, 0.1) is 0 Å². The Hall–Kier alpha value is -1.98. The first-order valence-corrected chi connectivity index (χ1v) is 6.55. The highest BCUT2D eigenvalue weighted by Crippen LogP contribution is 2.20. The first kappa shape index (κ1) is 14.4. The molecule has 0 aliphatic rings. The molecule has 0 saturated heterocycles. The Morgan fingerprint density at radius 3 is 2.80 bits per heavy atom. The number of halogens is 1. The molecule has 0 aliphatic heterocycles. The predicted octanol–water partition coefficient (Wildman–Crippen LogP) is 3.18. The van der Waals surface area contributed by atoms with Crippen LogP contribution in [0.15, 0.2) is 47.1 Å². The Morgan fingerprint density at radius 1 is 1.30 bits per heavy atom. The molecular formula is C14H15ClN2O3.